The molecular weight excluding hydrogens is 699 g/mol. The highest BCUT2D eigenvalue weighted by molar-refractivity contribution is 9.10. The second-order valence-electron chi connectivity index (χ2n) is 10.8. The zero-order chi connectivity index (χ0) is 29.4. The van der Waals surface area contributed by atoms with Crippen molar-refractivity contribution >= 4 is 84.4 Å². The Morgan fingerprint density at radius 2 is 1.73 bits per heavy atom. The van der Waals surface area contributed by atoms with Gasteiger partial charge in [-0.05, 0) is 55.0 Å². The molecule has 3 fully saturated rings. The number of aromatic hydroxyl groups is 1. The smallest absolute Gasteiger partial charge is 0.254 e. The first kappa shape index (κ1) is 28.6. The van der Waals surface area contributed by atoms with Crippen LogP contribution in [0.25, 0.3) is 0 Å². The summed E-state index contributed by atoms with van der Waals surface area (Å²) in [4.78, 5) is 53.6. The SMILES string of the molecule is C=CCc1cccc(C2C3=CCC4C(=O)N(c5ccc(Br)cc5)C(=O)C4C3CC3(Cl)C(=O)N(CBr)C(=O)C23Cl)c1O. The van der Waals surface area contributed by atoms with Crippen molar-refractivity contribution in [3.63, 3.8) is 0 Å². The summed E-state index contributed by atoms with van der Waals surface area (Å²) in [6.07, 6.45) is 3.98. The van der Waals surface area contributed by atoms with Crippen molar-refractivity contribution in [1.82, 2.24) is 4.90 Å². The average molecular weight is 723 g/mol. The Bertz CT molecular complexity index is 1560. The maximum absolute atomic E-state index is 14.0. The summed E-state index contributed by atoms with van der Waals surface area (Å²) >= 11 is 21.1. The summed E-state index contributed by atoms with van der Waals surface area (Å²) in [5, 5.41) is 11.4. The Morgan fingerprint density at radius 3 is 2.39 bits per heavy atom. The standard InChI is InChI=1S/C30H24Br2Cl2N2O5/c1-2-4-15-5-3-6-20(24(15)37)23-18-11-12-19-22(26(39)36(25(19)38)17-9-7-16(32)8-10-17)21(18)13-29(33)27(40)35(14-31)28(41)30(23,29)34/h2-3,5-11,19,21-23,37H,1,4,12-14H2. The lowest BCUT2D eigenvalue weighted by Gasteiger charge is -2.50. The van der Waals surface area contributed by atoms with Gasteiger partial charge in [0.2, 0.25) is 11.8 Å². The number of rotatable bonds is 5. The van der Waals surface area contributed by atoms with Crippen molar-refractivity contribution in [3.8, 4) is 5.75 Å². The van der Waals surface area contributed by atoms with Gasteiger partial charge in [-0.1, -0.05) is 67.8 Å². The minimum absolute atomic E-state index is 0.0806. The molecule has 4 aliphatic rings. The number of imide groups is 2. The third kappa shape index (κ3) is 3.81. The van der Waals surface area contributed by atoms with E-state index in [1.807, 2.05) is 6.08 Å². The fourth-order valence-electron chi connectivity index (χ4n) is 7.11. The molecule has 4 amide bonds. The molecule has 6 unspecified atom stereocenters. The Hall–Kier alpha value is -2.46. The fourth-order valence-corrected chi connectivity index (χ4v) is 8.79. The van der Waals surface area contributed by atoms with E-state index in [2.05, 4.69) is 38.4 Å². The molecule has 7 nitrogen and oxygen atoms in total. The number of carbonyl (C=O) groups is 4. The lowest BCUT2D eigenvalue weighted by atomic mass is 9.56. The number of phenols is 1. The highest BCUT2D eigenvalue weighted by Gasteiger charge is 2.76. The van der Waals surface area contributed by atoms with Crippen molar-refractivity contribution in [1.29, 1.82) is 0 Å². The number of allylic oxidation sites excluding steroid dienone is 3. The number of anilines is 1. The van der Waals surface area contributed by atoms with Crippen LogP contribution in [0, 0.1) is 17.8 Å². The number of halogens is 4. The summed E-state index contributed by atoms with van der Waals surface area (Å²) in [7, 11) is 0. The summed E-state index contributed by atoms with van der Waals surface area (Å²) in [5.74, 6) is -5.33. The Labute approximate surface area is 263 Å². The number of para-hydroxylation sites is 1. The molecule has 212 valence electrons. The van der Waals surface area contributed by atoms with Crippen LogP contribution in [-0.2, 0) is 25.6 Å². The highest BCUT2D eigenvalue weighted by atomic mass is 79.9. The van der Waals surface area contributed by atoms with Crippen LogP contribution in [0.15, 0.2) is 71.2 Å². The predicted molar refractivity (Wildman–Crippen MR) is 162 cm³/mol. The summed E-state index contributed by atoms with van der Waals surface area (Å²) in [5.41, 5.74) is 1.86. The van der Waals surface area contributed by atoms with Gasteiger partial charge in [0.15, 0.2) is 9.75 Å². The maximum Gasteiger partial charge on any atom is 0.254 e. The number of amides is 4. The Balaban J connectivity index is 1.54. The Kier molecular flexibility index (Phi) is 7.04. The number of alkyl halides is 3. The molecule has 0 spiro atoms. The molecular formula is C30H24Br2Cl2N2O5. The predicted octanol–water partition coefficient (Wildman–Crippen LogP) is 5.80. The number of phenolic OH excluding ortho intramolecular Hbond substituents is 1. The number of likely N-dealkylation sites (tertiary alicyclic amines) is 1. The summed E-state index contributed by atoms with van der Waals surface area (Å²) in [6, 6.07) is 12.0. The summed E-state index contributed by atoms with van der Waals surface area (Å²) in [6.45, 7) is 3.76. The van der Waals surface area contributed by atoms with Crippen LogP contribution in [0.4, 0.5) is 5.69 Å². The molecule has 0 radical (unpaired) electrons. The van der Waals surface area contributed by atoms with E-state index in [1.54, 1.807) is 48.5 Å². The van der Waals surface area contributed by atoms with E-state index in [1.165, 1.54) is 4.90 Å². The lowest BCUT2D eigenvalue weighted by molar-refractivity contribution is -0.138. The van der Waals surface area contributed by atoms with Crippen molar-refractivity contribution < 1.29 is 24.3 Å². The maximum atomic E-state index is 14.0. The number of hydrogen-bond donors (Lipinski definition) is 1. The van der Waals surface area contributed by atoms with E-state index in [-0.39, 0.29) is 30.0 Å². The van der Waals surface area contributed by atoms with E-state index in [4.69, 9.17) is 23.2 Å². The first-order valence-electron chi connectivity index (χ1n) is 13.1. The number of nitrogens with zero attached hydrogens (tertiary/aromatic N) is 2. The normalized spacial score (nSPS) is 32.5. The van der Waals surface area contributed by atoms with Gasteiger partial charge in [-0.3, -0.25) is 29.0 Å². The van der Waals surface area contributed by atoms with Crippen LogP contribution in [0.1, 0.15) is 29.9 Å². The van der Waals surface area contributed by atoms with Crippen molar-refractivity contribution in [2.75, 3.05) is 10.4 Å². The van der Waals surface area contributed by atoms with Gasteiger partial charge in [0.1, 0.15) is 5.75 Å². The van der Waals surface area contributed by atoms with E-state index in [0.717, 1.165) is 9.37 Å². The van der Waals surface area contributed by atoms with E-state index in [0.29, 0.717) is 28.8 Å². The van der Waals surface area contributed by atoms with E-state index < -0.39 is 51.1 Å². The molecule has 2 saturated heterocycles. The molecule has 2 aliphatic carbocycles. The zero-order valence-electron chi connectivity index (χ0n) is 21.5. The zero-order valence-corrected chi connectivity index (χ0v) is 26.2. The van der Waals surface area contributed by atoms with Crippen molar-refractivity contribution in [3.05, 3.63) is 82.4 Å². The topological polar surface area (TPSA) is 95.0 Å². The number of hydrogen-bond acceptors (Lipinski definition) is 5. The van der Waals surface area contributed by atoms with Crippen molar-refractivity contribution in [2.45, 2.75) is 34.9 Å². The number of benzene rings is 2. The molecule has 41 heavy (non-hydrogen) atoms. The van der Waals surface area contributed by atoms with Gasteiger partial charge in [-0.25, -0.2) is 0 Å². The third-order valence-corrected chi connectivity index (χ3v) is 11.4. The Morgan fingerprint density at radius 1 is 1.02 bits per heavy atom. The van der Waals surface area contributed by atoms with Crippen LogP contribution < -0.4 is 4.90 Å². The lowest BCUT2D eigenvalue weighted by Crippen LogP contribution is -2.60. The third-order valence-electron chi connectivity index (χ3n) is 8.93. The summed E-state index contributed by atoms with van der Waals surface area (Å²) < 4.78 is 0.804. The van der Waals surface area contributed by atoms with Crippen LogP contribution in [0.5, 0.6) is 5.75 Å². The first-order valence-corrected chi connectivity index (χ1v) is 15.7. The monoisotopic (exact) mass is 720 g/mol. The second-order valence-corrected chi connectivity index (χ2v) is 13.5. The molecule has 0 aromatic heterocycles. The minimum Gasteiger partial charge on any atom is -0.507 e. The molecule has 6 atom stereocenters. The first-order chi connectivity index (χ1) is 19.5. The van der Waals surface area contributed by atoms with Crippen molar-refractivity contribution in [2.24, 2.45) is 17.8 Å². The molecule has 11 heteroatoms. The van der Waals surface area contributed by atoms with Crippen LogP contribution >= 0.6 is 55.1 Å². The van der Waals surface area contributed by atoms with Gasteiger partial charge in [0.05, 0.1) is 23.0 Å². The number of fused-ring (bicyclic) bond motifs is 4. The minimum atomic E-state index is -1.98. The molecule has 0 bridgehead atoms. The molecule has 2 aromatic rings. The molecule has 2 heterocycles. The number of carbonyl (C=O) groups excluding carboxylic acids is 4. The van der Waals surface area contributed by atoms with Crippen LogP contribution in [-0.4, -0.2) is 48.8 Å². The largest absolute Gasteiger partial charge is 0.507 e. The molecule has 1 N–H and O–H groups in total. The van der Waals surface area contributed by atoms with Gasteiger partial charge in [-0.15, -0.1) is 29.8 Å². The van der Waals surface area contributed by atoms with E-state index >= 15 is 0 Å². The molecule has 6 rings (SSSR count). The van der Waals surface area contributed by atoms with Gasteiger partial charge in [0, 0.05) is 16.0 Å². The molecule has 1 saturated carbocycles. The second kappa shape index (κ2) is 10.1. The van der Waals surface area contributed by atoms with Gasteiger partial charge in [-0.2, -0.15) is 0 Å². The van der Waals surface area contributed by atoms with Gasteiger partial charge in [0.25, 0.3) is 11.8 Å². The van der Waals surface area contributed by atoms with Gasteiger partial charge >= 0.3 is 0 Å². The van der Waals surface area contributed by atoms with Crippen LogP contribution in [0.3, 0.4) is 0 Å². The quantitative estimate of drug-likeness (QED) is 0.182. The molecule has 2 aliphatic heterocycles. The van der Waals surface area contributed by atoms with Crippen LogP contribution in [0.2, 0.25) is 0 Å². The molecule has 2 aromatic carbocycles. The van der Waals surface area contributed by atoms with Gasteiger partial charge < -0.3 is 5.11 Å². The van der Waals surface area contributed by atoms with E-state index in [9.17, 15) is 24.3 Å². The highest BCUT2D eigenvalue weighted by Crippen LogP contribution is 2.66. The average Bonchev–Trinajstić information content (AvgIpc) is 3.28. The fraction of sp³-hybridized carbons (Fsp3) is 0.333.